The van der Waals surface area contributed by atoms with Crippen LogP contribution in [0.1, 0.15) is 57.3 Å². The fourth-order valence-corrected chi connectivity index (χ4v) is 4.88. The number of ether oxygens (including phenoxy) is 2. The number of aryl methyl sites for hydroxylation is 1. The van der Waals surface area contributed by atoms with E-state index in [1.807, 2.05) is 18.2 Å². The summed E-state index contributed by atoms with van der Waals surface area (Å²) in [6.45, 7) is 11.0. The van der Waals surface area contributed by atoms with E-state index >= 15 is 0 Å². The number of Topliss-reactive ketones (excluding diaryl/α,β-unsaturated/α-hetero) is 1. The van der Waals surface area contributed by atoms with Crippen LogP contribution in [0.25, 0.3) is 11.1 Å². The summed E-state index contributed by atoms with van der Waals surface area (Å²) < 4.78 is 11.0. The second-order valence-corrected chi connectivity index (χ2v) is 11.3. The summed E-state index contributed by atoms with van der Waals surface area (Å²) in [4.78, 5) is 13.5. The zero-order valence-corrected chi connectivity index (χ0v) is 21.2. The van der Waals surface area contributed by atoms with Gasteiger partial charge in [0.1, 0.15) is 5.78 Å². The smallest absolute Gasteiger partial charge is 0.231 e. The van der Waals surface area contributed by atoms with Gasteiger partial charge in [0, 0.05) is 20.9 Å². The summed E-state index contributed by atoms with van der Waals surface area (Å²) in [6, 6.07) is 21.1. The quantitative estimate of drug-likeness (QED) is 0.401. The zero-order valence-electron chi connectivity index (χ0n) is 21.2. The first-order chi connectivity index (χ1) is 16.7. The highest BCUT2D eigenvalue weighted by Gasteiger charge is 2.50. The van der Waals surface area contributed by atoms with E-state index in [0.29, 0.717) is 6.42 Å². The summed E-state index contributed by atoms with van der Waals surface area (Å²) in [5, 5.41) is 3.54. The molecule has 0 unspecified atom stereocenters. The fourth-order valence-electron chi connectivity index (χ4n) is 4.88. The molecule has 4 nitrogen and oxygen atoms in total. The SMILES string of the molecule is Cc1ccc(CC(=O)C2(c3ccc4c(c3)OCO4)CC2)cc1-c1ccc(CNCC(C)(C)C)cc1.[HH]. The molecule has 35 heavy (non-hydrogen) atoms. The Bertz CT molecular complexity index is 1240. The van der Waals surface area contributed by atoms with Gasteiger partial charge in [-0.05, 0) is 70.7 Å². The minimum Gasteiger partial charge on any atom is -0.454 e. The molecule has 0 radical (unpaired) electrons. The summed E-state index contributed by atoms with van der Waals surface area (Å²) in [6.07, 6.45) is 2.24. The minimum absolute atomic E-state index is 0. The van der Waals surface area contributed by atoms with Gasteiger partial charge in [-0.3, -0.25) is 4.79 Å². The predicted octanol–water partition coefficient (Wildman–Crippen LogP) is 6.62. The van der Waals surface area contributed by atoms with Crippen LogP contribution in [-0.2, 0) is 23.2 Å². The zero-order chi connectivity index (χ0) is 24.6. The number of rotatable bonds is 8. The summed E-state index contributed by atoms with van der Waals surface area (Å²) in [7, 11) is 0. The summed E-state index contributed by atoms with van der Waals surface area (Å²) in [5.41, 5.74) is 6.89. The Morgan fingerprint density at radius 1 is 0.943 bits per heavy atom. The van der Waals surface area contributed by atoms with Gasteiger partial charge >= 0.3 is 0 Å². The second-order valence-electron chi connectivity index (χ2n) is 11.3. The first-order valence-electron chi connectivity index (χ1n) is 12.6. The lowest BCUT2D eigenvalue weighted by Crippen LogP contribution is -2.26. The first-order valence-corrected chi connectivity index (χ1v) is 12.6. The van der Waals surface area contributed by atoms with Gasteiger partial charge in [-0.1, -0.05) is 69.3 Å². The number of benzene rings is 3. The Balaban J connectivity index is 0.00000304. The standard InChI is InChI=1S/C31H35NO3.H2/c1-21-5-6-23(15-26(21)24-9-7-22(8-10-24)18-32-19-30(2,3)4)16-29(33)31(13-14-31)25-11-12-27-28(17-25)35-20-34-27;/h5-12,15,17,32H,13-14,16,18-20H2,1-4H3;1H. The molecule has 4 heteroatoms. The average molecular weight is 472 g/mol. The molecule has 184 valence electrons. The van der Waals surface area contributed by atoms with Crippen molar-refractivity contribution in [2.75, 3.05) is 13.3 Å². The minimum atomic E-state index is -0.381. The molecule has 5 rings (SSSR count). The molecule has 3 aromatic carbocycles. The fraction of sp³-hybridized carbons (Fsp3) is 0.387. The lowest BCUT2D eigenvalue weighted by Gasteiger charge is -2.19. The van der Waals surface area contributed by atoms with E-state index in [0.717, 1.165) is 48.6 Å². The number of carbonyl (C=O) groups excluding carboxylic acids is 1. The molecule has 0 amide bonds. The number of hydrogen-bond donors (Lipinski definition) is 1. The molecule has 0 aromatic heterocycles. The molecule has 1 heterocycles. The van der Waals surface area contributed by atoms with E-state index < -0.39 is 0 Å². The van der Waals surface area contributed by atoms with Crippen LogP contribution < -0.4 is 14.8 Å². The van der Waals surface area contributed by atoms with Crippen LogP contribution in [0.3, 0.4) is 0 Å². The van der Waals surface area contributed by atoms with E-state index in [9.17, 15) is 4.79 Å². The molecule has 1 fully saturated rings. The molecule has 0 bridgehead atoms. The molecule has 0 saturated heterocycles. The largest absolute Gasteiger partial charge is 0.454 e. The predicted molar refractivity (Wildman–Crippen MR) is 142 cm³/mol. The molecule has 0 atom stereocenters. The molecule has 0 spiro atoms. The molecule has 3 aromatic rings. The van der Waals surface area contributed by atoms with Crippen molar-refractivity contribution in [1.29, 1.82) is 0 Å². The van der Waals surface area contributed by atoms with Gasteiger partial charge in [0.15, 0.2) is 11.5 Å². The number of carbonyl (C=O) groups is 1. The second kappa shape index (κ2) is 9.16. The Kier molecular flexibility index (Phi) is 6.18. The van der Waals surface area contributed by atoms with Gasteiger partial charge in [0.05, 0.1) is 5.41 Å². The monoisotopic (exact) mass is 471 g/mol. The molecule has 1 N–H and O–H groups in total. The lowest BCUT2D eigenvalue weighted by atomic mass is 9.87. The maximum atomic E-state index is 13.5. The van der Waals surface area contributed by atoms with Crippen LogP contribution in [0.15, 0.2) is 60.7 Å². The summed E-state index contributed by atoms with van der Waals surface area (Å²) in [5.74, 6) is 1.79. The van der Waals surface area contributed by atoms with E-state index in [-0.39, 0.29) is 24.8 Å². The Hall–Kier alpha value is -3.11. The van der Waals surface area contributed by atoms with Crippen LogP contribution in [0.4, 0.5) is 0 Å². The normalized spacial score (nSPS) is 15.8. The van der Waals surface area contributed by atoms with Crippen molar-refractivity contribution < 1.29 is 15.7 Å². The van der Waals surface area contributed by atoms with E-state index in [1.54, 1.807) is 0 Å². The lowest BCUT2D eigenvalue weighted by molar-refractivity contribution is -0.120. The molecular formula is C31H37NO3. The topological polar surface area (TPSA) is 47.6 Å². The highest BCUT2D eigenvalue weighted by atomic mass is 16.7. The number of nitrogens with one attached hydrogen (secondary N) is 1. The maximum Gasteiger partial charge on any atom is 0.231 e. The molecule has 1 aliphatic heterocycles. The number of hydrogen-bond acceptors (Lipinski definition) is 4. The van der Waals surface area contributed by atoms with Crippen molar-refractivity contribution in [2.45, 2.75) is 58.9 Å². The highest BCUT2D eigenvalue weighted by molar-refractivity contribution is 5.95. The van der Waals surface area contributed by atoms with Crippen LogP contribution in [0.5, 0.6) is 11.5 Å². The van der Waals surface area contributed by atoms with E-state index in [2.05, 4.69) is 75.5 Å². The van der Waals surface area contributed by atoms with Crippen molar-refractivity contribution in [3.05, 3.63) is 82.9 Å². The molecule has 2 aliphatic rings. The Labute approximate surface area is 210 Å². The van der Waals surface area contributed by atoms with Gasteiger partial charge < -0.3 is 14.8 Å². The molecule has 1 aliphatic carbocycles. The van der Waals surface area contributed by atoms with Crippen LogP contribution in [0, 0.1) is 12.3 Å². The van der Waals surface area contributed by atoms with Gasteiger partial charge in [0.25, 0.3) is 0 Å². The number of fused-ring (bicyclic) bond motifs is 1. The molecular weight excluding hydrogens is 434 g/mol. The van der Waals surface area contributed by atoms with Crippen molar-refractivity contribution in [3.8, 4) is 22.6 Å². The van der Waals surface area contributed by atoms with Crippen molar-refractivity contribution in [2.24, 2.45) is 5.41 Å². The van der Waals surface area contributed by atoms with Gasteiger partial charge in [0.2, 0.25) is 6.79 Å². The Morgan fingerprint density at radius 2 is 1.66 bits per heavy atom. The van der Waals surface area contributed by atoms with E-state index in [1.165, 1.54) is 22.3 Å². The third kappa shape index (κ3) is 5.13. The first kappa shape index (κ1) is 23.6. The van der Waals surface area contributed by atoms with Gasteiger partial charge in [-0.15, -0.1) is 0 Å². The third-order valence-electron chi connectivity index (χ3n) is 7.12. The van der Waals surface area contributed by atoms with Crippen LogP contribution in [0.2, 0.25) is 0 Å². The van der Waals surface area contributed by atoms with Crippen molar-refractivity contribution in [1.82, 2.24) is 5.32 Å². The number of ketones is 1. The third-order valence-corrected chi connectivity index (χ3v) is 7.12. The van der Waals surface area contributed by atoms with Gasteiger partial charge in [-0.25, -0.2) is 0 Å². The van der Waals surface area contributed by atoms with Crippen molar-refractivity contribution in [3.63, 3.8) is 0 Å². The highest BCUT2D eigenvalue weighted by Crippen LogP contribution is 2.51. The maximum absolute atomic E-state index is 13.5. The van der Waals surface area contributed by atoms with Crippen LogP contribution in [-0.4, -0.2) is 19.1 Å². The Morgan fingerprint density at radius 3 is 2.37 bits per heavy atom. The van der Waals surface area contributed by atoms with E-state index in [4.69, 9.17) is 9.47 Å². The molecule has 1 saturated carbocycles. The average Bonchev–Trinajstić information content (AvgIpc) is 3.51. The van der Waals surface area contributed by atoms with Gasteiger partial charge in [-0.2, -0.15) is 0 Å². The summed E-state index contributed by atoms with van der Waals surface area (Å²) >= 11 is 0. The van der Waals surface area contributed by atoms with Crippen molar-refractivity contribution >= 4 is 5.78 Å². The van der Waals surface area contributed by atoms with Crippen LogP contribution >= 0.6 is 0 Å².